The summed E-state index contributed by atoms with van der Waals surface area (Å²) in [6.07, 6.45) is 16.6. The van der Waals surface area contributed by atoms with Crippen LogP contribution in [-0.2, 0) is 24.2 Å². The summed E-state index contributed by atoms with van der Waals surface area (Å²) in [4.78, 5) is 43.9. The van der Waals surface area contributed by atoms with Crippen LogP contribution in [0.25, 0.3) is 0 Å². The van der Waals surface area contributed by atoms with Crippen LogP contribution < -0.4 is 0 Å². The highest BCUT2D eigenvalue weighted by Crippen LogP contribution is 2.12. The number of hydrogen-bond acceptors (Lipinski definition) is 5. The minimum absolute atomic E-state index is 0.0669. The fraction of sp³-hybridized carbons (Fsp3) is 0.880. The van der Waals surface area contributed by atoms with Gasteiger partial charge in [0.1, 0.15) is 18.0 Å². The molecule has 0 N–H and O–H groups in total. The first-order valence-corrected chi connectivity index (χ1v) is 12.2. The number of hydrogen-bond donors (Lipinski definition) is 0. The lowest BCUT2D eigenvalue weighted by Crippen LogP contribution is -2.12. The Morgan fingerprint density at radius 2 is 1.17 bits per heavy atom. The maximum absolute atomic E-state index is 11.8. The molecule has 176 valence electrons. The highest BCUT2D eigenvalue weighted by atomic mass is 17.2. The van der Waals surface area contributed by atoms with E-state index in [1.54, 1.807) is 6.92 Å². The molecule has 30 heavy (non-hydrogen) atoms. The van der Waals surface area contributed by atoms with Gasteiger partial charge in [0.2, 0.25) is 0 Å². The smallest absolute Gasteiger partial charge is 0.300 e. The number of Topliss-reactive ketones (excluding diaryl/α,β-unsaturated/α-hetero) is 2. The molecular weight excluding hydrogens is 380 g/mol. The standard InChI is InChI=1S/C25H46O5/c1-22(2)17-13-11-12-16-20-29-30-25(28)21-24(27)19-15-10-8-6-4-5-7-9-14-18-23(3)26/h22H,4-21H2,1-3H3. The Balaban J connectivity index is 3.35. The lowest BCUT2D eigenvalue weighted by molar-refractivity contribution is -0.272. The van der Waals surface area contributed by atoms with Crippen molar-refractivity contribution < 1.29 is 24.2 Å². The van der Waals surface area contributed by atoms with E-state index in [2.05, 4.69) is 13.8 Å². The molecule has 0 spiro atoms. The summed E-state index contributed by atoms with van der Waals surface area (Å²) < 4.78 is 0. The van der Waals surface area contributed by atoms with Crippen LogP contribution >= 0.6 is 0 Å². The van der Waals surface area contributed by atoms with Crippen LogP contribution in [-0.4, -0.2) is 24.1 Å². The Morgan fingerprint density at radius 1 is 0.667 bits per heavy atom. The molecule has 0 saturated heterocycles. The van der Waals surface area contributed by atoms with Crippen molar-refractivity contribution in [2.45, 2.75) is 130 Å². The second-order valence-corrected chi connectivity index (χ2v) is 8.97. The van der Waals surface area contributed by atoms with E-state index in [9.17, 15) is 14.4 Å². The third-order valence-electron chi connectivity index (χ3n) is 5.24. The largest absolute Gasteiger partial charge is 0.349 e. The highest BCUT2D eigenvalue weighted by Gasteiger charge is 2.11. The van der Waals surface area contributed by atoms with Crippen molar-refractivity contribution in [1.29, 1.82) is 0 Å². The molecule has 0 fully saturated rings. The molecule has 0 atom stereocenters. The summed E-state index contributed by atoms with van der Waals surface area (Å²) in [6, 6.07) is 0. The molecule has 0 aliphatic carbocycles. The Labute approximate surface area is 184 Å². The third kappa shape index (κ3) is 23.1. The number of rotatable bonds is 22. The normalized spacial score (nSPS) is 11.1. The first-order valence-electron chi connectivity index (χ1n) is 12.2. The first kappa shape index (κ1) is 28.8. The Kier molecular flexibility index (Phi) is 20.2. The number of unbranched alkanes of at least 4 members (excludes halogenated alkanes) is 11. The van der Waals surface area contributed by atoms with E-state index in [0.29, 0.717) is 19.4 Å². The van der Waals surface area contributed by atoms with Crippen molar-refractivity contribution in [2.75, 3.05) is 6.61 Å². The van der Waals surface area contributed by atoms with Crippen molar-refractivity contribution in [3.8, 4) is 0 Å². The van der Waals surface area contributed by atoms with Crippen LogP contribution in [0.2, 0.25) is 0 Å². The fourth-order valence-electron chi connectivity index (χ4n) is 3.39. The van der Waals surface area contributed by atoms with E-state index in [4.69, 9.17) is 9.78 Å². The molecule has 0 amide bonds. The minimum atomic E-state index is -0.579. The summed E-state index contributed by atoms with van der Waals surface area (Å²) in [5.41, 5.74) is 0. The van der Waals surface area contributed by atoms with E-state index in [1.807, 2.05) is 0 Å². The molecule has 0 aromatic heterocycles. The molecule has 0 unspecified atom stereocenters. The minimum Gasteiger partial charge on any atom is -0.300 e. The van der Waals surface area contributed by atoms with Crippen molar-refractivity contribution >= 4 is 17.5 Å². The molecule has 0 radical (unpaired) electrons. The van der Waals surface area contributed by atoms with Crippen LogP contribution in [0.1, 0.15) is 130 Å². The van der Waals surface area contributed by atoms with Gasteiger partial charge < -0.3 is 4.79 Å². The second-order valence-electron chi connectivity index (χ2n) is 8.97. The van der Waals surface area contributed by atoms with Gasteiger partial charge in [0.15, 0.2) is 0 Å². The van der Waals surface area contributed by atoms with Gasteiger partial charge in [-0.15, -0.1) is 0 Å². The first-order chi connectivity index (χ1) is 14.4. The Morgan fingerprint density at radius 3 is 1.73 bits per heavy atom. The molecule has 0 heterocycles. The molecule has 0 aliphatic rings. The van der Waals surface area contributed by atoms with Crippen molar-refractivity contribution in [3.05, 3.63) is 0 Å². The topological polar surface area (TPSA) is 69.7 Å². The quantitative estimate of drug-likeness (QED) is 0.0814. The van der Waals surface area contributed by atoms with Gasteiger partial charge >= 0.3 is 5.97 Å². The number of carbonyl (C=O) groups excluding carboxylic acids is 3. The van der Waals surface area contributed by atoms with E-state index in [1.165, 1.54) is 44.9 Å². The molecule has 0 aromatic carbocycles. The third-order valence-corrected chi connectivity index (χ3v) is 5.24. The van der Waals surface area contributed by atoms with E-state index < -0.39 is 5.97 Å². The lowest BCUT2D eigenvalue weighted by Gasteiger charge is -2.05. The van der Waals surface area contributed by atoms with Crippen LogP contribution in [0.3, 0.4) is 0 Å². The fourth-order valence-corrected chi connectivity index (χ4v) is 3.39. The summed E-state index contributed by atoms with van der Waals surface area (Å²) >= 11 is 0. The van der Waals surface area contributed by atoms with E-state index >= 15 is 0 Å². The van der Waals surface area contributed by atoms with Crippen LogP contribution in [0.5, 0.6) is 0 Å². The van der Waals surface area contributed by atoms with Crippen LogP contribution in [0.15, 0.2) is 0 Å². The van der Waals surface area contributed by atoms with Gasteiger partial charge in [0.25, 0.3) is 0 Å². The predicted octanol–water partition coefficient (Wildman–Crippen LogP) is 6.91. The Hall–Kier alpha value is -1.23. The average molecular weight is 427 g/mol. The maximum Gasteiger partial charge on any atom is 0.349 e. The van der Waals surface area contributed by atoms with Gasteiger partial charge in [-0.1, -0.05) is 84.5 Å². The highest BCUT2D eigenvalue weighted by molar-refractivity contribution is 5.95. The zero-order valence-electron chi connectivity index (χ0n) is 19.8. The van der Waals surface area contributed by atoms with Crippen LogP contribution in [0, 0.1) is 5.92 Å². The molecule has 5 nitrogen and oxygen atoms in total. The molecule has 0 bridgehead atoms. The van der Waals surface area contributed by atoms with Gasteiger partial charge in [0, 0.05) is 12.8 Å². The number of ketones is 2. The van der Waals surface area contributed by atoms with Crippen molar-refractivity contribution in [3.63, 3.8) is 0 Å². The predicted molar refractivity (Wildman–Crippen MR) is 121 cm³/mol. The summed E-state index contributed by atoms with van der Waals surface area (Å²) in [5.74, 6) is 0.389. The van der Waals surface area contributed by atoms with E-state index in [0.717, 1.165) is 50.9 Å². The molecular formula is C25H46O5. The van der Waals surface area contributed by atoms with Gasteiger partial charge in [-0.2, -0.15) is 4.89 Å². The molecule has 0 rings (SSSR count). The zero-order valence-corrected chi connectivity index (χ0v) is 19.8. The molecule has 5 heteroatoms. The van der Waals surface area contributed by atoms with E-state index in [-0.39, 0.29) is 18.0 Å². The maximum atomic E-state index is 11.8. The van der Waals surface area contributed by atoms with Crippen molar-refractivity contribution in [2.24, 2.45) is 5.92 Å². The average Bonchev–Trinajstić information content (AvgIpc) is 2.67. The second kappa shape index (κ2) is 21.0. The molecule has 0 saturated carbocycles. The molecule has 0 aromatic rings. The SMILES string of the molecule is CC(=O)CCCCCCCCCCCC(=O)CC(=O)OOCCCCCCC(C)C. The Bertz CT molecular complexity index is 445. The molecule has 0 aliphatic heterocycles. The summed E-state index contributed by atoms with van der Waals surface area (Å²) in [7, 11) is 0. The zero-order chi connectivity index (χ0) is 22.5. The number of carbonyl (C=O) groups is 3. The van der Waals surface area contributed by atoms with Gasteiger partial charge in [-0.05, 0) is 32.1 Å². The lowest BCUT2D eigenvalue weighted by atomic mass is 10.0. The summed E-state index contributed by atoms with van der Waals surface area (Å²) in [5, 5.41) is 0. The van der Waals surface area contributed by atoms with Crippen LogP contribution in [0.4, 0.5) is 0 Å². The summed E-state index contributed by atoms with van der Waals surface area (Å²) in [6.45, 7) is 6.51. The van der Waals surface area contributed by atoms with Gasteiger partial charge in [0.05, 0.1) is 6.61 Å². The van der Waals surface area contributed by atoms with Gasteiger partial charge in [-0.3, -0.25) is 9.68 Å². The van der Waals surface area contributed by atoms with Gasteiger partial charge in [-0.25, -0.2) is 4.79 Å². The van der Waals surface area contributed by atoms with Crippen molar-refractivity contribution in [1.82, 2.24) is 0 Å². The monoisotopic (exact) mass is 426 g/mol.